The number of allylic oxidation sites excluding steroid dienone is 1. The minimum absolute atomic E-state index is 0.134. The molecule has 0 spiro atoms. The molecule has 0 saturated carbocycles. The van der Waals surface area contributed by atoms with Gasteiger partial charge in [-0.2, -0.15) is 0 Å². The van der Waals surface area contributed by atoms with Crippen molar-refractivity contribution in [1.29, 1.82) is 0 Å². The zero-order valence-electron chi connectivity index (χ0n) is 24.4. The van der Waals surface area contributed by atoms with E-state index in [4.69, 9.17) is 0 Å². The number of nitrogens with one attached hydrogen (secondary N) is 2. The predicted octanol–water partition coefficient (Wildman–Crippen LogP) is 8.48. The van der Waals surface area contributed by atoms with Crippen LogP contribution in [0, 0.1) is 5.92 Å². The summed E-state index contributed by atoms with van der Waals surface area (Å²) in [6.45, 7) is 16.9. The van der Waals surface area contributed by atoms with E-state index >= 15 is 0 Å². The summed E-state index contributed by atoms with van der Waals surface area (Å²) in [7, 11) is 2.01. The van der Waals surface area contributed by atoms with Crippen molar-refractivity contribution in [1.82, 2.24) is 10.6 Å². The minimum atomic E-state index is 0.134. The van der Waals surface area contributed by atoms with Crippen LogP contribution in [0.3, 0.4) is 0 Å². The van der Waals surface area contributed by atoms with Crippen molar-refractivity contribution >= 4 is 0 Å². The zero-order chi connectivity index (χ0) is 28.0. The molecular formula is C37H48N2. The van der Waals surface area contributed by atoms with E-state index in [0.717, 1.165) is 37.8 Å². The molecule has 0 aliphatic carbocycles. The van der Waals surface area contributed by atoms with Crippen molar-refractivity contribution in [3.8, 4) is 11.1 Å². The molecule has 39 heavy (non-hydrogen) atoms. The van der Waals surface area contributed by atoms with E-state index in [1.165, 1.54) is 46.2 Å². The summed E-state index contributed by atoms with van der Waals surface area (Å²) in [6, 6.07) is 27.1. The molecule has 2 N–H and O–H groups in total. The topological polar surface area (TPSA) is 24.1 Å². The fourth-order valence-corrected chi connectivity index (χ4v) is 5.16. The Labute approximate surface area is 238 Å². The molecule has 0 fully saturated rings. The van der Waals surface area contributed by atoms with Crippen LogP contribution in [0.15, 0.2) is 110 Å². The Morgan fingerprint density at radius 3 is 2.26 bits per heavy atom. The summed E-state index contributed by atoms with van der Waals surface area (Å²) in [5.41, 5.74) is 9.11. The highest BCUT2D eigenvalue weighted by molar-refractivity contribution is 5.66. The van der Waals surface area contributed by atoms with Crippen molar-refractivity contribution in [2.45, 2.75) is 70.9 Å². The molecule has 0 aliphatic heterocycles. The summed E-state index contributed by atoms with van der Waals surface area (Å²) in [4.78, 5) is 0. The maximum atomic E-state index is 4.33. The third-order valence-electron chi connectivity index (χ3n) is 7.66. The van der Waals surface area contributed by atoms with Crippen LogP contribution in [-0.4, -0.2) is 19.1 Å². The van der Waals surface area contributed by atoms with Crippen molar-refractivity contribution in [3.05, 3.63) is 133 Å². The maximum absolute atomic E-state index is 4.33. The van der Waals surface area contributed by atoms with Gasteiger partial charge < -0.3 is 10.6 Å². The third-order valence-corrected chi connectivity index (χ3v) is 7.66. The fourth-order valence-electron chi connectivity index (χ4n) is 5.16. The monoisotopic (exact) mass is 520 g/mol. The Kier molecular flexibility index (Phi) is 12.3. The number of hydrogen-bond acceptors (Lipinski definition) is 2. The van der Waals surface area contributed by atoms with Gasteiger partial charge in [-0.3, -0.25) is 0 Å². The van der Waals surface area contributed by atoms with Crippen LogP contribution in [0.4, 0.5) is 0 Å². The van der Waals surface area contributed by atoms with E-state index in [2.05, 4.69) is 123 Å². The van der Waals surface area contributed by atoms with Crippen LogP contribution >= 0.6 is 0 Å². The average molecular weight is 521 g/mol. The van der Waals surface area contributed by atoms with Gasteiger partial charge in [0.25, 0.3) is 0 Å². The van der Waals surface area contributed by atoms with Crippen molar-refractivity contribution in [3.63, 3.8) is 0 Å². The highest BCUT2D eigenvalue weighted by atomic mass is 15.0. The second kappa shape index (κ2) is 15.9. The minimum Gasteiger partial charge on any atom is -0.381 e. The van der Waals surface area contributed by atoms with E-state index in [9.17, 15) is 0 Å². The first-order valence-corrected chi connectivity index (χ1v) is 14.6. The smallest absolute Gasteiger partial charge is 0.0479 e. The van der Waals surface area contributed by atoms with Crippen LogP contribution < -0.4 is 10.6 Å². The number of benzene rings is 3. The molecule has 2 unspecified atom stereocenters. The Balaban J connectivity index is 1.77. The van der Waals surface area contributed by atoms with E-state index in [0.29, 0.717) is 5.92 Å². The summed E-state index contributed by atoms with van der Waals surface area (Å²) in [6.07, 6.45) is 11.5. The normalized spacial score (nSPS) is 13.3. The van der Waals surface area contributed by atoms with E-state index in [1.54, 1.807) is 0 Å². The van der Waals surface area contributed by atoms with Gasteiger partial charge in [-0.1, -0.05) is 118 Å². The van der Waals surface area contributed by atoms with Gasteiger partial charge in [0.15, 0.2) is 0 Å². The van der Waals surface area contributed by atoms with E-state index in [1.807, 2.05) is 13.1 Å². The summed E-state index contributed by atoms with van der Waals surface area (Å²) in [5.74, 6) is 0.438. The lowest BCUT2D eigenvalue weighted by Crippen LogP contribution is -2.38. The molecule has 3 aromatic carbocycles. The molecule has 3 rings (SSSR count). The van der Waals surface area contributed by atoms with Gasteiger partial charge in [-0.05, 0) is 78.5 Å². The first kappa shape index (κ1) is 30.2. The van der Waals surface area contributed by atoms with Crippen molar-refractivity contribution in [2.24, 2.45) is 5.92 Å². The van der Waals surface area contributed by atoms with Gasteiger partial charge in [-0.25, -0.2) is 0 Å². The number of hydrogen-bond donors (Lipinski definition) is 2. The lowest BCUT2D eigenvalue weighted by atomic mass is 9.90. The summed E-state index contributed by atoms with van der Waals surface area (Å²) < 4.78 is 0. The molecule has 0 aliphatic rings. The summed E-state index contributed by atoms with van der Waals surface area (Å²) in [5, 5.41) is 7.03. The zero-order valence-corrected chi connectivity index (χ0v) is 24.4. The molecule has 2 heteroatoms. The molecule has 2 nitrogen and oxygen atoms in total. The lowest BCUT2D eigenvalue weighted by molar-refractivity contribution is 0.509. The molecule has 0 heterocycles. The van der Waals surface area contributed by atoms with Gasteiger partial charge in [0.1, 0.15) is 0 Å². The van der Waals surface area contributed by atoms with E-state index in [-0.39, 0.29) is 12.1 Å². The number of likely N-dealkylation sites (N-methyl/N-ethyl adjacent to an activating group) is 1. The molecule has 3 atom stereocenters. The Hall–Kier alpha value is -3.36. The molecule has 0 saturated heterocycles. The molecule has 206 valence electrons. The van der Waals surface area contributed by atoms with Gasteiger partial charge in [0.2, 0.25) is 0 Å². The standard InChI is InChI=1S/C37H48N2/c1-7-10-19-37(38-6)29(5)39-36(9-3)26-31-17-14-18-33(25-31)34-23-22-32(35(27-34)24-28(4)8-2)21-20-30-15-12-11-13-16-30/h8-9,11-18,22-23,25,27-28,36-39H,2-3,5,7,10,19-21,24,26H2,1,4,6H3/t28?,36?,37-/m0/s1. The molecular weight excluding hydrogens is 472 g/mol. The molecule has 0 aromatic heterocycles. The average Bonchev–Trinajstić information content (AvgIpc) is 2.97. The Bertz CT molecular complexity index is 1190. The molecule has 0 radical (unpaired) electrons. The molecule has 3 aromatic rings. The molecule has 0 amide bonds. The van der Waals surface area contributed by atoms with Crippen LogP contribution in [0.25, 0.3) is 11.1 Å². The fraction of sp³-hybridized carbons (Fsp3) is 0.351. The maximum Gasteiger partial charge on any atom is 0.0479 e. The number of aryl methyl sites for hydroxylation is 2. The number of rotatable bonds is 17. The van der Waals surface area contributed by atoms with Crippen LogP contribution in [0.2, 0.25) is 0 Å². The van der Waals surface area contributed by atoms with Gasteiger partial charge in [0.05, 0.1) is 0 Å². The van der Waals surface area contributed by atoms with Gasteiger partial charge >= 0.3 is 0 Å². The first-order valence-electron chi connectivity index (χ1n) is 14.6. The van der Waals surface area contributed by atoms with Crippen molar-refractivity contribution < 1.29 is 0 Å². The lowest BCUT2D eigenvalue weighted by Gasteiger charge is -2.25. The van der Waals surface area contributed by atoms with Gasteiger partial charge in [0, 0.05) is 17.8 Å². The quantitative estimate of drug-likeness (QED) is 0.174. The first-order chi connectivity index (χ1) is 19.0. The second-order valence-corrected chi connectivity index (χ2v) is 10.8. The van der Waals surface area contributed by atoms with Gasteiger partial charge in [-0.15, -0.1) is 13.2 Å². The van der Waals surface area contributed by atoms with Crippen LogP contribution in [-0.2, 0) is 25.7 Å². The largest absolute Gasteiger partial charge is 0.381 e. The molecule has 0 bridgehead atoms. The van der Waals surface area contributed by atoms with Crippen molar-refractivity contribution in [2.75, 3.05) is 7.05 Å². The Morgan fingerprint density at radius 2 is 1.56 bits per heavy atom. The SMILES string of the molecule is C=CC(C)Cc1cc(-c2cccc(CC(C=C)NC(=C)[C@H](CCCC)NC)c2)ccc1CCc1ccccc1. The van der Waals surface area contributed by atoms with Crippen LogP contribution in [0.5, 0.6) is 0 Å². The summed E-state index contributed by atoms with van der Waals surface area (Å²) >= 11 is 0. The number of unbranched alkanes of at least 4 members (excludes halogenated alkanes) is 1. The third kappa shape index (κ3) is 9.41. The second-order valence-electron chi connectivity index (χ2n) is 10.8. The highest BCUT2D eigenvalue weighted by Crippen LogP contribution is 2.27. The Morgan fingerprint density at radius 1 is 0.821 bits per heavy atom. The van der Waals surface area contributed by atoms with Crippen LogP contribution in [0.1, 0.15) is 55.4 Å². The predicted molar refractivity (Wildman–Crippen MR) is 171 cm³/mol. The van der Waals surface area contributed by atoms with E-state index < -0.39 is 0 Å². The highest BCUT2D eigenvalue weighted by Gasteiger charge is 2.14.